The van der Waals surface area contributed by atoms with Crippen LogP contribution in [0, 0.1) is 0 Å². The SMILES string of the molecule is CC(C)(Oc1cccc(C2CCCN(C(=O)c3cccc(-c4ccccc4)c3)C2)c1)C(=O)O. The summed E-state index contributed by atoms with van der Waals surface area (Å²) >= 11 is 0. The molecule has 1 N–H and O–H groups in total. The number of carbonyl (C=O) groups excluding carboxylic acids is 1. The molecule has 0 saturated carbocycles. The van der Waals surface area contributed by atoms with E-state index < -0.39 is 11.6 Å². The molecule has 5 heteroatoms. The van der Waals surface area contributed by atoms with Gasteiger partial charge in [0.05, 0.1) is 0 Å². The summed E-state index contributed by atoms with van der Waals surface area (Å²) in [7, 11) is 0. The van der Waals surface area contributed by atoms with Gasteiger partial charge in [-0.2, -0.15) is 0 Å². The van der Waals surface area contributed by atoms with Gasteiger partial charge in [0.15, 0.2) is 5.60 Å². The second-order valence-corrected chi connectivity index (χ2v) is 9.03. The molecule has 1 aliphatic heterocycles. The molecule has 5 nitrogen and oxygen atoms in total. The highest BCUT2D eigenvalue weighted by Gasteiger charge is 2.30. The van der Waals surface area contributed by atoms with Crippen molar-refractivity contribution in [1.82, 2.24) is 4.90 Å². The molecule has 1 unspecified atom stereocenters. The lowest BCUT2D eigenvalue weighted by Gasteiger charge is -2.33. The second-order valence-electron chi connectivity index (χ2n) is 9.03. The molecular formula is C28H29NO4. The van der Waals surface area contributed by atoms with Crippen molar-refractivity contribution < 1.29 is 19.4 Å². The zero-order chi connectivity index (χ0) is 23.4. The molecule has 0 radical (unpaired) electrons. The first-order chi connectivity index (χ1) is 15.8. The van der Waals surface area contributed by atoms with E-state index in [4.69, 9.17) is 4.74 Å². The quantitative estimate of drug-likeness (QED) is 0.537. The van der Waals surface area contributed by atoms with E-state index in [2.05, 4.69) is 0 Å². The predicted octanol–water partition coefficient (Wildman–Crippen LogP) is 5.62. The van der Waals surface area contributed by atoms with Crippen molar-refractivity contribution in [3.05, 3.63) is 90.0 Å². The Morgan fingerprint density at radius 2 is 1.67 bits per heavy atom. The van der Waals surface area contributed by atoms with Crippen LogP contribution in [0.25, 0.3) is 11.1 Å². The fourth-order valence-electron chi connectivity index (χ4n) is 4.25. The first-order valence-electron chi connectivity index (χ1n) is 11.3. The van der Waals surface area contributed by atoms with Gasteiger partial charge >= 0.3 is 5.97 Å². The Morgan fingerprint density at radius 3 is 2.42 bits per heavy atom. The Hall–Kier alpha value is -3.60. The maximum absolute atomic E-state index is 13.3. The molecule has 1 atom stereocenters. The summed E-state index contributed by atoms with van der Waals surface area (Å²) in [6.07, 6.45) is 1.89. The number of carboxylic acids is 1. The average Bonchev–Trinajstić information content (AvgIpc) is 2.84. The van der Waals surface area contributed by atoms with Crippen LogP contribution in [-0.2, 0) is 4.79 Å². The number of hydrogen-bond acceptors (Lipinski definition) is 3. The number of piperidine rings is 1. The van der Waals surface area contributed by atoms with Crippen LogP contribution in [-0.4, -0.2) is 40.6 Å². The van der Waals surface area contributed by atoms with Crippen molar-refractivity contribution >= 4 is 11.9 Å². The number of ether oxygens (including phenoxy) is 1. The zero-order valence-electron chi connectivity index (χ0n) is 19.0. The van der Waals surface area contributed by atoms with Crippen LogP contribution in [0.3, 0.4) is 0 Å². The maximum Gasteiger partial charge on any atom is 0.347 e. The number of carboxylic acid groups (broad SMARTS) is 1. The van der Waals surface area contributed by atoms with Crippen molar-refractivity contribution in [3.8, 4) is 16.9 Å². The smallest absolute Gasteiger partial charge is 0.347 e. The number of hydrogen-bond donors (Lipinski definition) is 1. The molecular weight excluding hydrogens is 414 g/mol. The van der Waals surface area contributed by atoms with E-state index in [0.29, 0.717) is 17.9 Å². The third kappa shape index (κ3) is 5.25. The zero-order valence-corrected chi connectivity index (χ0v) is 19.0. The number of carbonyl (C=O) groups is 2. The van der Waals surface area contributed by atoms with Crippen molar-refractivity contribution in [1.29, 1.82) is 0 Å². The Labute approximate surface area is 194 Å². The highest BCUT2D eigenvalue weighted by molar-refractivity contribution is 5.95. The van der Waals surface area contributed by atoms with Crippen LogP contribution in [0.5, 0.6) is 5.75 Å². The van der Waals surface area contributed by atoms with E-state index in [9.17, 15) is 14.7 Å². The van der Waals surface area contributed by atoms with Crippen molar-refractivity contribution in [3.63, 3.8) is 0 Å². The molecule has 1 amide bonds. The first-order valence-corrected chi connectivity index (χ1v) is 11.3. The summed E-state index contributed by atoms with van der Waals surface area (Å²) < 4.78 is 5.71. The van der Waals surface area contributed by atoms with Gasteiger partial charge in [0, 0.05) is 24.6 Å². The van der Waals surface area contributed by atoms with E-state index >= 15 is 0 Å². The number of likely N-dealkylation sites (tertiary alicyclic amines) is 1. The van der Waals surface area contributed by atoms with Crippen molar-refractivity contribution in [2.75, 3.05) is 13.1 Å². The van der Waals surface area contributed by atoms with Crippen LogP contribution in [0.2, 0.25) is 0 Å². The lowest BCUT2D eigenvalue weighted by atomic mass is 9.90. The number of rotatable bonds is 6. The molecule has 0 bridgehead atoms. The maximum atomic E-state index is 13.3. The Bertz CT molecular complexity index is 1140. The Morgan fingerprint density at radius 1 is 0.939 bits per heavy atom. The number of benzene rings is 3. The largest absolute Gasteiger partial charge is 0.478 e. The molecule has 4 rings (SSSR count). The normalized spacial score (nSPS) is 16.3. The van der Waals surface area contributed by atoms with Gasteiger partial charge in [0.2, 0.25) is 0 Å². The van der Waals surface area contributed by atoms with Gasteiger partial charge in [-0.3, -0.25) is 4.79 Å². The summed E-state index contributed by atoms with van der Waals surface area (Å²) in [6, 6.07) is 25.4. The average molecular weight is 444 g/mol. The Balaban J connectivity index is 1.50. The van der Waals surface area contributed by atoms with E-state index in [1.165, 1.54) is 13.8 Å². The van der Waals surface area contributed by atoms with Crippen molar-refractivity contribution in [2.24, 2.45) is 0 Å². The summed E-state index contributed by atoms with van der Waals surface area (Å²) in [5.74, 6) is -0.271. The fraction of sp³-hybridized carbons (Fsp3) is 0.286. The highest BCUT2D eigenvalue weighted by Crippen LogP contribution is 2.31. The first kappa shape index (κ1) is 22.6. The molecule has 0 aromatic heterocycles. The van der Waals surface area contributed by atoms with Gasteiger partial charge in [-0.1, -0.05) is 54.6 Å². The minimum absolute atomic E-state index is 0.0388. The molecule has 1 fully saturated rings. The number of nitrogens with zero attached hydrogens (tertiary/aromatic N) is 1. The molecule has 0 aliphatic carbocycles. The number of amides is 1. The standard InChI is InChI=1S/C28H29NO4/c1-28(2,27(31)32)33-25-15-7-12-22(18-25)24-14-8-16-29(19-24)26(30)23-13-6-11-21(17-23)20-9-4-3-5-10-20/h3-7,9-13,15,17-18,24H,8,14,16,19H2,1-2H3,(H,31,32). The third-order valence-corrected chi connectivity index (χ3v) is 6.14. The molecule has 0 spiro atoms. The van der Waals surface area contributed by atoms with Crippen LogP contribution >= 0.6 is 0 Å². The molecule has 1 aliphatic rings. The van der Waals surface area contributed by atoms with Crippen LogP contribution in [0.4, 0.5) is 0 Å². The minimum atomic E-state index is -1.31. The predicted molar refractivity (Wildman–Crippen MR) is 129 cm³/mol. The summed E-state index contributed by atoms with van der Waals surface area (Å²) in [5.41, 5.74) is 2.56. The molecule has 3 aromatic carbocycles. The molecule has 1 saturated heterocycles. The molecule has 170 valence electrons. The van der Waals surface area contributed by atoms with E-state index in [-0.39, 0.29) is 11.8 Å². The minimum Gasteiger partial charge on any atom is -0.478 e. The van der Waals surface area contributed by atoms with E-state index in [1.807, 2.05) is 77.7 Å². The van der Waals surface area contributed by atoms with Crippen molar-refractivity contribution in [2.45, 2.75) is 38.2 Å². The Kier molecular flexibility index (Phi) is 6.50. The second kappa shape index (κ2) is 9.49. The van der Waals surface area contributed by atoms with Gasteiger partial charge in [0.1, 0.15) is 5.75 Å². The third-order valence-electron chi connectivity index (χ3n) is 6.14. The topological polar surface area (TPSA) is 66.8 Å². The number of aliphatic carboxylic acids is 1. The van der Waals surface area contributed by atoms with Gasteiger partial charge in [-0.25, -0.2) is 4.79 Å². The van der Waals surface area contributed by atoms with Gasteiger partial charge in [-0.05, 0) is 67.6 Å². The molecule has 1 heterocycles. The fourth-order valence-corrected chi connectivity index (χ4v) is 4.25. The van der Waals surface area contributed by atoms with Gasteiger partial charge in [0.25, 0.3) is 5.91 Å². The lowest BCUT2D eigenvalue weighted by Crippen LogP contribution is -2.39. The summed E-state index contributed by atoms with van der Waals surface area (Å²) in [4.78, 5) is 26.7. The molecule has 33 heavy (non-hydrogen) atoms. The highest BCUT2D eigenvalue weighted by atomic mass is 16.5. The molecule has 3 aromatic rings. The van der Waals surface area contributed by atoms with Gasteiger partial charge in [-0.15, -0.1) is 0 Å². The van der Waals surface area contributed by atoms with Crippen LogP contribution in [0.15, 0.2) is 78.9 Å². The monoisotopic (exact) mass is 443 g/mol. The summed E-state index contributed by atoms with van der Waals surface area (Å²) in [5, 5.41) is 9.35. The van der Waals surface area contributed by atoms with E-state index in [0.717, 1.165) is 36.1 Å². The van der Waals surface area contributed by atoms with E-state index in [1.54, 1.807) is 6.07 Å². The summed E-state index contributed by atoms with van der Waals surface area (Å²) in [6.45, 7) is 4.42. The lowest BCUT2D eigenvalue weighted by molar-refractivity contribution is -0.152. The van der Waals surface area contributed by atoms with Crippen LogP contribution in [0.1, 0.15) is 48.5 Å². The van der Waals surface area contributed by atoms with Crippen LogP contribution < -0.4 is 4.74 Å². The van der Waals surface area contributed by atoms with Gasteiger partial charge < -0.3 is 14.7 Å².